The van der Waals surface area contributed by atoms with E-state index < -0.39 is 33.8 Å². The SMILES string of the molecule is COc1cc2ccc1CNC(=O)COc1cccc(c1)-c1cncc(c1)C(=O)N[C@H]1CN(C(=O)c3cccc(S(C)(=O)=O)c3)C[C@@H]1O2. The molecule has 3 aliphatic heterocycles. The average molecular weight is 657 g/mol. The molecular formula is C34H32N4O8S. The Labute approximate surface area is 271 Å². The zero-order chi connectivity index (χ0) is 33.1. The first kappa shape index (κ1) is 31.5. The fourth-order valence-electron chi connectivity index (χ4n) is 5.49. The number of hydrogen-bond donors (Lipinski definition) is 2. The van der Waals surface area contributed by atoms with E-state index >= 15 is 0 Å². The Morgan fingerprint density at radius 3 is 2.55 bits per heavy atom. The van der Waals surface area contributed by atoms with Gasteiger partial charge in [-0.05, 0) is 54.1 Å². The van der Waals surface area contributed by atoms with E-state index in [4.69, 9.17) is 14.2 Å². The molecule has 1 aromatic heterocycles. The van der Waals surface area contributed by atoms with Gasteiger partial charge in [-0.1, -0.05) is 18.2 Å². The number of aromatic nitrogens is 1. The number of carbonyl (C=O) groups excluding carboxylic acids is 3. The summed E-state index contributed by atoms with van der Waals surface area (Å²) in [7, 11) is -2.03. The molecule has 242 valence electrons. The minimum Gasteiger partial charge on any atom is -0.496 e. The Morgan fingerprint density at radius 1 is 0.936 bits per heavy atom. The number of sulfone groups is 1. The number of amides is 3. The van der Waals surface area contributed by atoms with Gasteiger partial charge < -0.3 is 29.7 Å². The Hall–Kier alpha value is -5.43. The lowest BCUT2D eigenvalue weighted by Gasteiger charge is -2.22. The zero-order valence-corrected chi connectivity index (χ0v) is 26.5. The largest absolute Gasteiger partial charge is 0.496 e. The third kappa shape index (κ3) is 7.20. The van der Waals surface area contributed by atoms with Crippen LogP contribution in [0.3, 0.4) is 0 Å². The van der Waals surface area contributed by atoms with Crippen molar-refractivity contribution in [2.45, 2.75) is 23.6 Å². The lowest BCUT2D eigenvalue weighted by atomic mass is 10.1. The summed E-state index contributed by atoms with van der Waals surface area (Å²) >= 11 is 0. The highest BCUT2D eigenvalue weighted by atomic mass is 32.2. The van der Waals surface area contributed by atoms with Crippen molar-refractivity contribution in [2.24, 2.45) is 0 Å². The van der Waals surface area contributed by atoms with E-state index in [0.717, 1.165) is 11.8 Å². The smallest absolute Gasteiger partial charge is 0.258 e. The molecule has 12 nitrogen and oxygen atoms in total. The molecule has 0 radical (unpaired) electrons. The predicted octanol–water partition coefficient (Wildman–Crippen LogP) is 2.87. The second-order valence-corrected chi connectivity index (χ2v) is 13.3. The highest BCUT2D eigenvalue weighted by molar-refractivity contribution is 7.90. The topological polar surface area (TPSA) is 153 Å². The molecule has 3 aromatic carbocycles. The Balaban J connectivity index is 1.34. The van der Waals surface area contributed by atoms with Crippen LogP contribution in [0.1, 0.15) is 26.3 Å². The van der Waals surface area contributed by atoms with E-state index in [9.17, 15) is 22.8 Å². The van der Waals surface area contributed by atoms with Gasteiger partial charge >= 0.3 is 0 Å². The highest BCUT2D eigenvalue weighted by Gasteiger charge is 2.38. The number of nitrogens with one attached hydrogen (secondary N) is 2. The maximum absolute atomic E-state index is 13.6. The maximum Gasteiger partial charge on any atom is 0.258 e. The first-order valence-electron chi connectivity index (χ1n) is 14.8. The van der Waals surface area contributed by atoms with E-state index in [1.54, 1.807) is 54.7 Å². The van der Waals surface area contributed by atoms with Crippen molar-refractivity contribution in [2.75, 3.05) is 33.1 Å². The molecule has 4 heterocycles. The zero-order valence-electron chi connectivity index (χ0n) is 25.6. The van der Waals surface area contributed by atoms with Crippen LogP contribution in [0.2, 0.25) is 0 Å². The monoisotopic (exact) mass is 656 g/mol. The molecule has 6 bridgehead atoms. The highest BCUT2D eigenvalue weighted by Crippen LogP contribution is 2.29. The molecule has 2 N–H and O–H groups in total. The molecule has 0 unspecified atom stereocenters. The number of rotatable bonds is 3. The summed E-state index contributed by atoms with van der Waals surface area (Å²) in [5.74, 6) is 0.223. The Bertz CT molecular complexity index is 1970. The van der Waals surface area contributed by atoms with Crippen LogP contribution in [0, 0.1) is 0 Å². The number of fused-ring (bicyclic) bond motifs is 7. The van der Waals surface area contributed by atoms with Gasteiger partial charge in [0.15, 0.2) is 16.4 Å². The summed E-state index contributed by atoms with van der Waals surface area (Å²) in [4.78, 5) is 45.7. The number of hydrogen-bond acceptors (Lipinski definition) is 9. The van der Waals surface area contributed by atoms with Crippen LogP contribution >= 0.6 is 0 Å². The van der Waals surface area contributed by atoms with Crippen LogP contribution in [-0.2, 0) is 21.2 Å². The number of nitrogens with zero attached hydrogens (tertiary/aromatic N) is 2. The molecule has 47 heavy (non-hydrogen) atoms. The lowest BCUT2D eigenvalue weighted by Crippen LogP contribution is -2.45. The molecule has 0 saturated carbocycles. The van der Waals surface area contributed by atoms with Crippen LogP contribution in [0.15, 0.2) is 90.1 Å². The normalized spacial score (nSPS) is 18.2. The molecule has 2 atom stereocenters. The number of ether oxygens (including phenoxy) is 3. The number of benzene rings is 3. The third-order valence-corrected chi connectivity index (χ3v) is 9.05. The van der Waals surface area contributed by atoms with E-state index in [1.165, 1.54) is 36.4 Å². The molecule has 7 rings (SSSR count). The van der Waals surface area contributed by atoms with Gasteiger partial charge in [0.1, 0.15) is 23.4 Å². The average Bonchev–Trinajstić information content (AvgIpc) is 3.47. The summed E-state index contributed by atoms with van der Waals surface area (Å²) in [6.45, 7) is 0.190. The molecule has 3 aliphatic rings. The van der Waals surface area contributed by atoms with Crippen LogP contribution < -0.4 is 24.8 Å². The fraction of sp³-hybridized carbons (Fsp3) is 0.235. The van der Waals surface area contributed by atoms with Crippen molar-refractivity contribution >= 4 is 27.6 Å². The van der Waals surface area contributed by atoms with Gasteiger partial charge in [0.05, 0.1) is 30.2 Å². The Kier molecular flexibility index (Phi) is 8.81. The van der Waals surface area contributed by atoms with Crippen molar-refractivity contribution in [1.82, 2.24) is 20.5 Å². The first-order chi connectivity index (χ1) is 22.6. The van der Waals surface area contributed by atoms with Crippen LogP contribution in [0.4, 0.5) is 0 Å². The summed E-state index contributed by atoms with van der Waals surface area (Å²) in [6.07, 6.45) is 3.48. The van der Waals surface area contributed by atoms with Crippen molar-refractivity contribution < 1.29 is 37.0 Å². The fourth-order valence-corrected chi connectivity index (χ4v) is 6.16. The van der Waals surface area contributed by atoms with Gasteiger partial charge in [-0.15, -0.1) is 0 Å². The standard InChI is InChI=1S/C34H32N4O8S/c1-44-30-14-27-10-9-23(30)17-36-32(39)20-45-26-7-3-5-21(12-26)24-11-25(16-35-15-24)33(40)37-29-18-38(19-31(29)46-27)34(41)22-6-4-8-28(13-22)47(2,42)43/h3-16,29,31H,17-20H2,1-2H3,(H,36,39)(H,37,40)/t29-,31-/m0/s1. The van der Waals surface area contributed by atoms with E-state index in [-0.39, 0.29) is 48.2 Å². The van der Waals surface area contributed by atoms with E-state index in [1.807, 2.05) is 6.07 Å². The van der Waals surface area contributed by atoms with Gasteiger partial charge in [0, 0.05) is 54.5 Å². The molecule has 3 amide bonds. The number of pyridine rings is 1. The number of methoxy groups -OCH3 is 1. The second kappa shape index (κ2) is 13.1. The molecule has 0 aliphatic carbocycles. The third-order valence-electron chi connectivity index (χ3n) is 7.94. The predicted molar refractivity (Wildman–Crippen MR) is 171 cm³/mol. The lowest BCUT2D eigenvalue weighted by molar-refractivity contribution is -0.123. The minimum absolute atomic E-state index is 0.0309. The molecule has 1 fully saturated rings. The van der Waals surface area contributed by atoms with Gasteiger partial charge in [0.25, 0.3) is 17.7 Å². The van der Waals surface area contributed by atoms with Crippen LogP contribution in [-0.4, -0.2) is 81.2 Å². The van der Waals surface area contributed by atoms with Gasteiger partial charge in [-0.2, -0.15) is 0 Å². The van der Waals surface area contributed by atoms with Gasteiger partial charge in [-0.3, -0.25) is 19.4 Å². The first-order valence-corrected chi connectivity index (χ1v) is 16.7. The van der Waals surface area contributed by atoms with Crippen molar-refractivity contribution in [3.05, 3.63) is 102 Å². The van der Waals surface area contributed by atoms with Crippen LogP contribution in [0.5, 0.6) is 17.2 Å². The van der Waals surface area contributed by atoms with Gasteiger partial charge in [0.2, 0.25) is 0 Å². The minimum atomic E-state index is -3.53. The molecule has 13 heteroatoms. The maximum atomic E-state index is 13.6. The summed E-state index contributed by atoms with van der Waals surface area (Å²) in [5.41, 5.74) is 2.59. The van der Waals surface area contributed by atoms with Gasteiger partial charge in [-0.25, -0.2) is 8.42 Å². The second-order valence-electron chi connectivity index (χ2n) is 11.3. The summed E-state index contributed by atoms with van der Waals surface area (Å²) in [5, 5.41) is 5.85. The van der Waals surface area contributed by atoms with Crippen molar-refractivity contribution in [3.63, 3.8) is 0 Å². The molecule has 1 saturated heterocycles. The molecule has 0 spiro atoms. The summed E-state index contributed by atoms with van der Waals surface area (Å²) in [6, 6.07) is 19.2. The van der Waals surface area contributed by atoms with Crippen molar-refractivity contribution in [3.8, 4) is 28.4 Å². The number of likely N-dealkylation sites (tertiary alicyclic amines) is 1. The number of carbonyl (C=O) groups is 3. The Morgan fingerprint density at radius 2 is 1.74 bits per heavy atom. The van der Waals surface area contributed by atoms with E-state index in [2.05, 4.69) is 15.6 Å². The van der Waals surface area contributed by atoms with Crippen LogP contribution in [0.25, 0.3) is 11.1 Å². The summed E-state index contributed by atoms with van der Waals surface area (Å²) < 4.78 is 41.9. The molecular weight excluding hydrogens is 624 g/mol. The van der Waals surface area contributed by atoms with E-state index in [0.29, 0.717) is 28.4 Å². The molecule has 4 aromatic rings. The van der Waals surface area contributed by atoms with Crippen molar-refractivity contribution in [1.29, 1.82) is 0 Å². The quantitative estimate of drug-likeness (QED) is 0.339.